The normalized spacial score (nSPS) is 16.8. The van der Waals surface area contributed by atoms with Crippen LogP contribution in [0.15, 0.2) is 24.7 Å². The molecule has 60 valence electrons. The Labute approximate surface area is 74.9 Å². The molecule has 1 aliphatic rings. The van der Waals surface area contributed by atoms with Gasteiger partial charge in [-0.15, -0.1) is 0 Å². The van der Waals surface area contributed by atoms with Gasteiger partial charge in [0.15, 0.2) is 0 Å². The van der Waals surface area contributed by atoms with E-state index in [1.807, 2.05) is 19.3 Å². The second-order valence-corrected chi connectivity index (χ2v) is 3.30. The second-order valence-electron chi connectivity index (χ2n) is 2.19. The summed E-state index contributed by atoms with van der Waals surface area (Å²) in [6.45, 7) is 3.63. The molecule has 0 atom stereocenters. The molecule has 0 radical (unpaired) electrons. The molecule has 1 rings (SSSR count). The zero-order valence-electron chi connectivity index (χ0n) is 6.49. The predicted octanol–water partition coefficient (Wildman–Crippen LogP) is 0.664. The molecule has 0 aromatic carbocycles. The fourth-order valence-corrected chi connectivity index (χ4v) is 1.22. The van der Waals surface area contributed by atoms with Crippen LogP contribution in [0.4, 0.5) is 0 Å². The van der Waals surface area contributed by atoms with Gasteiger partial charge in [0.1, 0.15) is 0 Å². The van der Waals surface area contributed by atoms with Crippen molar-refractivity contribution >= 4 is 20.0 Å². The third kappa shape index (κ3) is 2.91. The molecule has 0 bridgehead atoms. The first-order valence-electron chi connectivity index (χ1n) is 3.58. The van der Waals surface area contributed by atoms with Gasteiger partial charge in [-0.25, -0.2) is 0 Å². The summed E-state index contributed by atoms with van der Waals surface area (Å²) in [5, 5.41) is 0. The molecule has 0 fully saturated rings. The molecule has 0 N–H and O–H groups in total. The van der Waals surface area contributed by atoms with Crippen molar-refractivity contribution in [2.24, 2.45) is 0 Å². The average Bonchev–Trinajstić information content (AvgIpc) is 2.37. The van der Waals surface area contributed by atoms with Gasteiger partial charge < -0.3 is 0 Å². The van der Waals surface area contributed by atoms with E-state index in [1.165, 1.54) is 4.42 Å². The van der Waals surface area contributed by atoms with Crippen LogP contribution in [0.5, 0.6) is 0 Å². The number of rotatable bonds is 3. The van der Waals surface area contributed by atoms with Gasteiger partial charge in [0.25, 0.3) is 0 Å². The van der Waals surface area contributed by atoms with E-state index in [9.17, 15) is 0 Å². The fourth-order valence-electron chi connectivity index (χ4n) is 0.784. The molecule has 1 heterocycles. The van der Waals surface area contributed by atoms with Gasteiger partial charge in [0, 0.05) is 0 Å². The molecular formula is C8H11NOSe. The van der Waals surface area contributed by atoms with E-state index >= 15 is 0 Å². The summed E-state index contributed by atoms with van der Waals surface area (Å²) in [5.41, 5.74) is 0. The zero-order chi connectivity index (χ0) is 8.10. The van der Waals surface area contributed by atoms with E-state index in [2.05, 4.69) is 26.6 Å². The Morgan fingerprint density at radius 2 is 2.64 bits per heavy atom. The molecule has 1 aliphatic heterocycles. The SMILES string of the molecule is CCOC=CN1C=CC(=[Se])C1. The van der Waals surface area contributed by atoms with Crippen LogP contribution in [0.25, 0.3) is 0 Å². The zero-order valence-corrected chi connectivity index (χ0v) is 8.20. The van der Waals surface area contributed by atoms with E-state index < -0.39 is 0 Å². The minimum absolute atomic E-state index is 0.725. The number of ether oxygens (including phenoxy) is 1. The molecule has 0 spiro atoms. The third-order valence-corrected chi connectivity index (χ3v) is 1.86. The van der Waals surface area contributed by atoms with Crippen LogP contribution < -0.4 is 0 Å². The molecule has 2 nitrogen and oxygen atoms in total. The Morgan fingerprint density at radius 1 is 1.82 bits per heavy atom. The maximum absolute atomic E-state index is 5.06. The molecular weight excluding hydrogens is 205 g/mol. The van der Waals surface area contributed by atoms with Crippen LogP contribution in [-0.4, -0.2) is 38.0 Å². The summed E-state index contributed by atoms with van der Waals surface area (Å²) < 4.78 is 6.31. The van der Waals surface area contributed by atoms with Gasteiger partial charge in [0.05, 0.1) is 0 Å². The van der Waals surface area contributed by atoms with Crippen LogP contribution in [0.3, 0.4) is 0 Å². The van der Waals surface area contributed by atoms with Gasteiger partial charge in [-0.3, -0.25) is 0 Å². The first-order valence-corrected chi connectivity index (χ1v) is 4.43. The predicted molar refractivity (Wildman–Crippen MR) is 47.4 cm³/mol. The van der Waals surface area contributed by atoms with Crippen molar-refractivity contribution in [1.29, 1.82) is 0 Å². The standard InChI is InChI=1S/C8H11NOSe/c1-2-10-6-5-9-4-3-8(11)7-9/h3-6H,2,7H2,1H3. The fraction of sp³-hybridized carbons (Fsp3) is 0.375. The first kappa shape index (κ1) is 8.56. The van der Waals surface area contributed by atoms with Crippen molar-refractivity contribution < 1.29 is 4.74 Å². The summed E-state index contributed by atoms with van der Waals surface area (Å²) in [6.07, 6.45) is 7.70. The van der Waals surface area contributed by atoms with Gasteiger partial charge in [-0.2, -0.15) is 0 Å². The van der Waals surface area contributed by atoms with Crippen molar-refractivity contribution in [1.82, 2.24) is 4.90 Å². The molecule has 0 saturated heterocycles. The number of hydrogen-bond donors (Lipinski definition) is 0. The van der Waals surface area contributed by atoms with E-state index in [1.54, 1.807) is 6.26 Å². The Kier molecular flexibility index (Phi) is 3.40. The van der Waals surface area contributed by atoms with Gasteiger partial charge >= 0.3 is 74.4 Å². The first-order chi connectivity index (χ1) is 5.33. The minimum atomic E-state index is 0.725. The van der Waals surface area contributed by atoms with Crippen molar-refractivity contribution in [3.63, 3.8) is 0 Å². The number of hydrogen-bond acceptors (Lipinski definition) is 2. The summed E-state index contributed by atoms with van der Waals surface area (Å²) in [7, 11) is 0. The van der Waals surface area contributed by atoms with Gasteiger partial charge in [-0.05, 0) is 0 Å². The van der Waals surface area contributed by atoms with Crippen molar-refractivity contribution in [2.75, 3.05) is 13.2 Å². The molecule has 0 amide bonds. The molecule has 0 aliphatic carbocycles. The second kappa shape index (κ2) is 4.37. The van der Waals surface area contributed by atoms with Crippen molar-refractivity contribution in [3.8, 4) is 0 Å². The summed E-state index contributed by atoms with van der Waals surface area (Å²) in [4.78, 5) is 2.06. The Hall–Kier alpha value is -0.531. The monoisotopic (exact) mass is 217 g/mol. The third-order valence-electron chi connectivity index (χ3n) is 1.31. The van der Waals surface area contributed by atoms with Crippen LogP contribution in [-0.2, 0) is 4.74 Å². The summed E-state index contributed by atoms with van der Waals surface area (Å²) in [5.74, 6) is 0. The molecule has 0 aromatic heterocycles. The maximum atomic E-state index is 5.06. The molecule has 0 saturated carbocycles. The van der Waals surface area contributed by atoms with Crippen molar-refractivity contribution in [2.45, 2.75) is 6.92 Å². The van der Waals surface area contributed by atoms with Gasteiger partial charge in [-0.1, -0.05) is 0 Å². The van der Waals surface area contributed by atoms with E-state index in [4.69, 9.17) is 4.74 Å². The molecule has 0 unspecified atom stereocenters. The Bertz CT molecular complexity index is 198. The summed E-state index contributed by atoms with van der Waals surface area (Å²) in [6, 6.07) is 0. The van der Waals surface area contributed by atoms with Crippen LogP contribution in [0.2, 0.25) is 0 Å². The Balaban J connectivity index is 2.29. The molecule has 11 heavy (non-hydrogen) atoms. The van der Waals surface area contributed by atoms with Gasteiger partial charge in [0.2, 0.25) is 0 Å². The quantitative estimate of drug-likeness (QED) is 0.507. The average molecular weight is 216 g/mol. The van der Waals surface area contributed by atoms with E-state index in [-0.39, 0.29) is 0 Å². The van der Waals surface area contributed by atoms with E-state index in [0.29, 0.717) is 0 Å². The Morgan fingerprint density at radius 3 is 3.18 bits per heavy atom. The molecule has 0 aromatic rings. The van der Waals surface area contributed by atoms with Crippen LogP contribution in [0.1, 0.15) is 6.92 Å². The van der Waals surface area contributed by atoms with Crippen molar-refractivity contribution in [3.05, 3.63) is 24.7 Å². The summed E-state index contributed by atoms with van der Waals surface area (Å²) >= 11 is 2.97. The number of nitrogens with zero attached hydrogens (tertiary/aromatic N) is 1. The topological polar surface area (TPSA) is 12.5 Å². The van der Waals surface area contributed by atoms with Crippen LogP contribution in [0, 0.1) is 0 Å². The molecule has 3 heteroatoms. The van der Waals surface area contributed by atoms with Crippen LogP contribution >= 0.6 is 0 Å². The van der Waals surface area contributed by atoms with E-state index in [0.717, 1.165) is 13.2 Å².